The number of aliphatic hydroxyl groups excluding tert-OH is 1. The Balaban J connectivity index is 1.98. The summed E-state index contributed by atoms with van der Waals surface area (Å²) in [6.45, 7) is 2.61. The molecule has 0 aliphatic carbocycles. The van der Waals surface area contributed by atoms with Gasteiger partial charge in [0, 0.05) is 24.2 Å². The van der Waals surface area contributed by atoms with Gasteiger partial charge in [-0.1, -0.05) is 31.2 Å². The third kappa shape index (κ3) is 3.68. The molecule has 20 heavy (non-hydrogen) atoms. The zero-order valence-electron chi connectivity index (χ0n) is 11.6. The van der Waals surface area contributed by atoms with Crippen molar-refractivity contribution in [2.75, 3.05) is 5.32 Å². The zero-order chi connectivity index (χ0) is 14.4. The maximum Gasteiger partial charge on any atom is 0.162 e. The van der Waals surface area contributed by atoms with E-state index < -0.39 is 0 Å². The van der Waals surface area contributed by atoms with Crippen LogP contribution in [0, 0.1) is 0 Å². The van der Waals surface area contributed by atoms with Crippen molar-refractivity contribution in [3.8, 4) is 0 Å². The van der Waals surface area contributed by atoms with Crippen LogP contribution in [0.5, 0.6) is 0 Å². The van der Waals surface area contributed by atoms with Gasteiger partial charge in [0.25, 0.3) is 0 Å². The van der Waals surface area contributed by atoms with E-state index in [0.29, 0.717) is 13.0 Å². The molecule has 3 heteroatoms. The van der Waals surface area contributed by atoms with Crippen LogP contribution in [0.25, 0.3) is 0 Å². The number of Topliss-reactive ketones (excluding diaryl/α,β-unsaturated/α-hetero) is 1. The van der Waals surface area contributed by atoms with E-state index in [1.165, 1.54) is 0 Å². The lowest BCUT2D eigenvalue weighted by molar-refractivity contribution is 0.0988. The molecule has 0 aliphatic heterocycles. The molecule has 2 aromatic rings. The van der Waals surface area contributed by atoms with Crippen LogP contribution in [-0.4, -0.2) is 10.9 Å². The Hall–Kier alpha value is -2.13. The molecule has 3 nitrogen and oxygen atoms in total. The fourth-order valence-corrected chi connectivity index (χ4v) is 2.02. The van der Waals surface area contributed by atoms with Gasteiger partial charge >= 0.3 is 0 Å². The van der Waals surface area contributed by atoms with Gasteiger partial charge in [0.2, 0.25) is 0 Å². The summed E-state index contributed by atoms with van der Waals surface area (Å²) in [6, 6.07) is 15.3. The van der Waals surface area contributed by atoms with Crippen molar-refractivity contribution in [1.29, 1.82) is 0 Å². The Morgan fingerprint density at radius 2 is 1.80 bits per heavy atom. The average molecular weight is 269 g/mol. The normalized spacial score (nSPS) is 10.3. The number of nitrogens with one attached hydrogen (secondary N) is 1. The third-order valence-electron chi connectivity index (χ3n) is 3.20. The number of rotatable bonds is 6. The van der Waals surface area contributed by atoms with Gasteiger partial charge in [0.05, 0.1) is 6.61 Å². The predicted octanol–water partition coefficient (Wildman–Crippen LogP) is 3.38. The van der Waals surface area contributed by atoms with E-state index in [9.17, 15) is 4.79 Å². The summed E-state index contributed by atoms with van der Waals surface area (Å²) in [5, 5.41) is 12.4. The Morgan fingerprint density at radius 3 is 2.45 bits per heavy atom. The highest BCUT2D eigenvalue weighted by molar-refractivity contribution is 5.96. The lowest BCUT2D eigenvalue weighted by Crippen LogP contribution is -2.01. The summed E-state index contributed by atoms with van der Waals surface area (Å²) in [5.41, 5.74) is 3.76. The van der Waals surface area contributed by atoms with E-state index in [0.717, 1.165) is 22.4 Å². The van der Waals surface area contributed by atoms with Gasteiger partial charge in [-0.15, -0.1) is 0 Å². The summed E-state index contributed by atoms with van der Waals surface area (Å²) in [6.07, 6.45) is 0.528. The highest BCUT2D eigenvalue weighted by Crippen LogP contribution is 2.13. The fourth-order valence-electron chi connectivity index (χ4n) is 2.02. The van der Waals surface area contributed by atoms with Crippen molar-refractivity contribution >= 4 is 11.5 Å². The molecule has 0 saturated heterocycles. The number of ketones is 1. The minimum absolute atomic E-state index is 0.0572. The summed E-state index contributed by atoms with van der Waals surface area (Å²) < 4.78 is 0. The first-order chi connectivity index (χ1) is 9.72. The maximum atomic E-state index is 11.5. The van der Waals surface area contributed by atoms with Crippen LogP contribution in [-0.2, 0) is 13.2 Å². The van der Waals surface area contributed by atoms with Crippen LogP contribution in [0.2, 0.25) is 0 Å². The van der Waals surface area contributed by atoms with Gasteiger partial charge in [-0.3, -0.25) is 4.79 Å². The highest BCUT2D eigenvalue weighted by atomic mass is 16.3. The lowest BCUT2D eigenvalue weighted by atomic mass is 10.1. The molecule has 0 radical (unpaired) electrons. The first kappa shape index (κ1) is 14.3. The second-order valence-electron chi connectivity index (χ2n) is 4.69. The van der Waals surface area contributed by atoms with Crippen LogP contribution in [0.4, 0.5) is 5.69 Å². The molecule has 0 fully saturated rings. The van der Waals surface area contributed by atoms with Crippen molar-refractivity contribution in [2.45, 2.75) is 26.5 Å². The van der Waals surface area contributed by atoms with Crippen LogP contribution in [0.1, 0.15) is 34.8 Å². The van der Waals surface area contributed by atoms with Crippen LogP contribution >= 0.6 is 0 Å². The number of aliphatic hydroxyl groups is 1. The molecule has 2 rings (SSSR count). The second kappa shape index (κ2) is 6.87. The number of benzene rings is 2. The topological polar surface area (TPSA) is 49.3 Å². The SMILES string of the molecule is CCC(=O)c1ccc(NCc2cccc(CO)c2)cc1. The Morgan fingerprint density at radius 1 is 1.10 bits per heavy atom. The molecule has 0 saturated carbocycles. The Kier molecular flexibility index (Phi) is 4.91. The molecule has 2 N–H and O–H groups in total. The fraction of sp³-hybridized carbons (Fsp3) is 0.235. The van der Waals surface area contributed by atoms with Crippen LogP contribution in [0.15, 0.2) is 48.5 Å². The minimum Gasteiger partial charge on any atom is -0.392 e. The molecule has 0 bridgehead atoms. The summed E-state index contributed by atoms with van der Waals surface area (Å²) in [4.78, 5) is 11.5. The number of hydrogen-bond acceptors (Lipinski definition) is 3. The highest BCUT2D eigenvalue weighted by Gasteiger charge is 2.02. The molecule has 0 aliphatic rings. The van der Waals surface area contributed by atoms with Gasteiger partial charge in [-0.2, -0.15) is 0 Å². The zero-order valence-corrected chi connectivity index (χ0v) is 11.6. The van der Waals surface area contributed by atoms with Crippen molar-refractivity contribution in [3.63, 3.8) is 0 Å². The first-order valence-electron chi connectivity index (χ1n) is 6.78. The average Bonchev–Trinajstić information content (AvgIpc) is 2.53. The van der Waals surface area contributed by atoms with Gasteiger partial charge < -0.3 is 10.4 Å². The molecule has 0 amide bonds. The standard InChI is InChI=1S/C17H19NO2/c1-2-17(20)15-6-8-16(9-7-15)18-11-13-4-3-5-14(10-13)12-19/h3-10,18-19H,2,11-12H2,1H3. The molecule has 0 spiro atoms. The smallest absolute Gasteiger partial charge is 0.162 e. The third-order valence-corrected chi connectivity index (χ3v) is 3.20. The quantitative estimate of drug-likeness (QED) is 0.790. The maximum absolute atomic E-state index is 11.5. The van der Waals surface area contributed by atoms with E-state index in [1.54, 1.807) is 0 Å². The molecular weight excluding hydrogens is 250 g/mol. The van der Waals surface area contributed by atoms with E-state index in [4.69, 9.17) is 5.11 Å². The van der Waals surface area contributed by atoms with Crippen molar-refractivity contribution in [3.05, 3.63) is 65.2 Å². The monoisotopic (exact) mass is 269 g/mol. The van der Waals surface area contributed by atoms with Crippen LogP contribution < -0.4 is 5.32 Å². The van der Waals surface area contributed by atoms with E-state index in [1.807, 2.05) is 55.5 Å². The predicted molar refractivity (Wildman–Crippen MR) is 80.8 cm³/mol. The summed E-state index contributed by atoms with van der Waals surface area (Å²) in [7, 11) is 0. The largest absolute Gasteiger partial charge is 0.392 e. The molecule has 0 heterocycles. The molecule has 104 valence electrons. The van der Waals surface area contributed by atoms with Gasteiger partial charge in [0.1, 0.15) is 0 Å². The number of carbonyl (C=O) groups excluding carboxylic acids is 1. The van der Waals surface area contributed by atoms with Crippen LogP contribution in [0.3, 0.4) is 0 Å². The molecular formula is C17H19NO2. The van der Waals surface area contributed by atoms with Crippen molar-refractivity contribution in [1.82, 2.24) is 0 Å². The molecule has 0 atom stereocenters. The minimum atomic E-state index is 0.0572. The van der Waals surface area contributed by atoms with E-state index in [-0.39, 0.29) is 12.4 Å². The second-order valence-corrected chi connectivity index (χ2v) is 4.69. The number of hydrogen-bond donors (Lipinski definition) is 2. The number of anilines is 1. The molecule has 0 aromatic heterocycles. The van der Waals surface area contributed by atoms with Gasteiger partial charge in [0.15, 0.2) is 5.78 Å². The Labute approximate surface area is 119 Å². The molecule has 0 unspecified atom stereocenters. The van der Waals surface area contributed by atoms with E-state index in [2.05, 4.69) is 5.32 Å². The van der Waals surface area contributed by atoms with E-state index >= 15 is 0 Å². The van der Waals surface area contributed by atoms with Crippen molar-refractivity contribution in [2.24, 2.45) is 0 Å². The van der Waals surface area contributed by atoms with Gasteiger partial charge in [-0.05, 0) is 35.4 Å². The number of carbonyl (C=O) groups is 1. The van der Waals surface area contributed by atoms with Crippen molar-refractivity contribution < 1.29 is 9.90 Å². The first-order valence-corrected chi connectivity index (χ1v) is 6.78. The lowest BCUT2D eigenvalue weighted by Gasteiger charge is -2.08. The Bertz CT molecular complexity index is 576. The van der Waals surface area contributed by atoms with Gasteiger partial charge in [-0.25, -0.2) is 0 Å². The summed E-state index contributed by atoms with van der Waals surface area (Å²) >= 11 is 0. The summed E-state index contributed by atoms with van der Waals surface area (Å²) in [5.74, 6) is 0.159. The molecule has 2 aromatic carbocycles.